The molecule has 0 spiro atoms. The van der Waals surface area contributed by atoms with Crippen molar-refractivity contribution in [3.8, 4) is 0 Å². The van der Waals surface area contributed by atoms with Crippen LogP contribution in [0.1, 0.15) is 22.8 Å². The summed E-state index contributed by atoms with van der Waals surface area (Å²) in [6.45, 7) is 3.46. The zero-order valence-corrected chi connectivity index (χ0v) is 17.1. The average Bonchev–Trinajstić information content (AvgIpc) is 2.74. The van der Waals surface area contributed by atoms with Crippen molar-refractivity contribution in [2.45, 2.75) is 19.4 Å². The fourth-order valence-electron chi connectivity index (χ4n) is 3.35. The normalized spacial score (nSPS) is 15.0. The van der Waals surface area contributed by atoms with E-state index in [4.69, 9.17) is 11.6 Å². The van der Waals surface area contributed by atoms with Crippen LogP contribution in [0.3, 0.4) is 0 Å². The summed E-state index contributed by atoms with van der Waals surface area (Å²) in [6, 6.07) is 15.5. The lowest BCUT2D eigenvalue weighted by molar-refractivity contribution is -0.139. The second-order valence-electron chi connectivity index (χ2n) is 7.05. The molecule has 0 bridgehead atoms. The van der Waals surface area contributed by atoms with E-state index in [0.29, 0.717) is 43.2 Å². The van der Waals surface area contributed by atoms with Gasteiger partial charge in [0, 0.05) is 50.1 Å². The van der Waals surface area contributed by atoms with Crippen LogP contribution in [0.5, 0.6) is 0 Å². The van der Waals surface area contributed by atoms with Crippen LogP contribution in [0.25, 0.3) is 0 Å². The Balaban J connectivity index is 1.73. The van der Waals surface area contributed by atoms with Gasteiger partial charge in [0.1, 0.15) is 6.04 Å². The number of hydrogen-bond acceptors (Lipinski definition) is 3. The third-order valence-electron chi connectivity index (χ3n) is 5.03. The van der Waals surface area contributed by atoms with Crippen molar-refractivity contribution in [3.05, 3.63) is 70.7 Å². The van der Waals surface area contributed by atoms with Crippen LogP contribution in [0, 0.1) is 0 Å². The maximum absolute atomic E-state index is 13.2. The highest BCUT2D eigenvalue weighted by atomic mass is 35.5. The summed E-state index contributed by atoms with van der Waals surface area (Å²) in [6.07, 6.45) is 0.395. The summed E-state index contributed by atoms with van der Waals surface area (Å²) >= 11 is 5.89. The Bertz CT molecular complexity index is 863. The van der Waals surface area contributed by atoms with Gasteiger partial charge in [-0.2, -0.15) is 0 Å². The molecule has 7 heteroatoms. The van der Waals surface area contributed by atoms with Gasteiger partial charge in [-0.3, -0.25) is 14.4 Å². The second-order valence-corrected chi connectivity index (χ2v) is 7.49. The lowest BCUT2D eigenvalue weighted by Gasteiger charge is -2.36. The molecule has 1 atom stereocenters. The first-order chi connectivity index (χ1) is 13.9. The third kappa shape index (κ3) is 5.57. The van der Waals surface area contributed by atoms with Gasteiger partial charge in [0.15, 0.2) is 0 Å². The highest BCUT2D eigenvalue weighted by Gasteiger charge is 2.29. The molecule has 6 nitrogen and oxygen atoms in total. The number of carbonyl (C=O) groups is 3. The molecule has 1 saturated heterocycles. The number of piperazine rings is 1. The minimum atomic E-state index is -0.690. The molecule has 152 valence electrons. The molecule has 1 fully saturated rings. The molecular weight excluding hydrogens is 390 g/mol. The van der Waals surface area contributed by atoms with E-state index in [1.165, 1.54) is 6.92 Å². The van der Waals surface area contributed by atoms with Crippen LogP contribution in [0.2, 0.25) is 5.02 Å². The van der Waals surface area contributed by atoms with Gasteiger partial charge >= 0.3 is 0 Å². The zero-order valence-electron chi connectivity index (χ0n) is 16.3. The molecule has 1 N–H and O–H groups in total. The lowest BCUT2D eigenvalue weighted by atomic mass is 10.0. The van der Waals surface area contributed by atoms with Crippen molar-refractivity contribution < 1.29 is 14.4 Å². The van der Waals surface area contributed by atoms with Crippen molar-refractivity contribution >= 4 is 29.3 Å². The SMILES string of the molecule is CC(=O)N1CCN(C(=O)[C@H](Cc2ccccc2)NC(=O)c2ccc(Cl)cc2)CC1. The Morgan fingerprint density at radius 2 is 1.52 bits per heavy atom. The summed E-state index contributed by atoms with van der Waals surface area (Å²) in [5.74, 6) is -0.452. The van der Waals surface area contributed by atoms with E-state index in [-0.39, 0.29) is 17.7 Å². The summed E-state index contributed by atoms with van der Waals surface area (Å²) in [5, 5.41) is 3.42. The van der Waals surface area contributed by atoms with E-state index in [1.54, 1.807) is 34.1 Å². The van der Waals surface area contributed by atoms with Gasteiger partial charge in [-0.15, -0.1) is 0 Å². The zero-order chi connectivity index (χ0) is 20.8. The van der Waals surface area contributed by atoms with Crippen LogP contribution in [-0.2, 0) is 16.0 Å². The number of halogens is 1. The van der Waals surface area contributed by atoms with Crippen LogP contribution in [-0.4, -0.2) is 59.7 Å². The molecule has 2 aromatic carbocycles. The van der Waals surface area contributed by atoms with Crippen molar-refractivity contribution in [1.82, 2.24) is 15.1 Å². The predicted molar refractivity (Wildman–Crippen MR) is 112 cm³/mol. The second kappa shape index (κ2) is 9.56. The molecule has 0 radical (unpaired) electrons. The average molecular weight is 414 g/mol. The minimum absolute atomic E-state index is 0.00831. The molecule has 29 heavy (non-hydrogen) atoms. The molecule has 1 aliphatic heterocycles. The summed E-state index contributed by atoms with van der Waals surface area (Å²) in [7, 11) is 0. The van der Waals surface area contributed by atoms with Gasteiger partial charge in [0.2, 0.25) is 11.8 Å². The monoisotopic (exact) mass is 413 g/mol. The molecule has 3 amide bonds. The van der Waals surface area contributed by atoms with E-state index in [9.17, 15) is 14.4 Å². The third-order valence-corrected chi connectivity index (χ3v) is 5.28. The quantitative estimate of drug-likeness (QED) is 0.818. The lowest BCUT2D eigenvalue weighted by Crippen LogP contribution is -2.56. The number of nitrogens with one attached hydrogen (secondary N) is 1. The molecule has 0 saturated carbocycles. The van der Waals surface area contributed by atoms with E-state index in [1.807, 2.05) is 30.3 Å². The Labute approximate surface area is 175 Å². The Morgan fingerprint density at radius 3 is 2.10 bits per heavy atom. The number of amides is 3. The molecule has 3 rings (SSSR count). The maximum Gasteiger partial charge on any atom is 0.251 e. The van der Waals surface area contributed by atoms with Gasteiger partial charge < -0.3 is 15.1 Å². The smallest absolute Gasteiger partial charge is 0.251 e. The largest absolute Gasteiger partial charge is 0.340 e. The standard InChI is InChI=1S/C22H24ClN3O3/c1-16(27)25-11-13-26(14-12-25)22(29)20(15-17-5-3-2-4-6-17)24-21(28)18-7-9-19(23)10-8-18/h2-10,20H,11-15H2,1H3,(H,24,28)/t20-/m0/s1. The Morgan fingerprint density at radius 1 is 0.931 bits per heavy atom. The summed E-state index contributed by atoms with van der Waals surface area (Å²) < 4.78 is 0. The molecular formula is C22H24ClN3O3. The van der Waals surface area contributed by atoms with Crippen molar-refractivity contribution in [2.24, 2.45) is 0 Å². The van der Waals surface area contributed by atoms with Crippen molar-refractivity contribution in [2.75, 3.05) is 26.2 Å². The highest BCUT2D eigenvalue weighted by Crippen LogP contribution is 2.12. The number of carbonyl (C=O) groups excluding carboxylic acids is 3. The van der Waals surface area contributed by atoms with E-state index >= 15 is 0 Å². The van der Waals surface area contributed by atoms with Gasteiger partial charge in [-0.1, -0.05) is 41.9 Å². The van der Waals surface area contributed by atoms with Crippen LogP contribution < -0.4 is 5.32 Å². The van der Waals surface area contributed by atoms with E-state index < -0.39 is 6.04 Å². The number of hydrogen-bond donors (Lipinski definition) is 1. The summed E-state index contributed by atoms with van der Waals surface area (Å²) in [5.41, 5.74) is 1.41. The fourth-order valence-corrected chi connectivity index (χ4v) is 3.48. The topological polar surface area (TPSA) is 69.7 Å². The highest BCUT2D eigenvalue weighted by molar-refractivity contribution is 6.30. The van der Waals surface area contributed by atoms with Crippen LogP contribution in [0.4, 0.5) is 0 Å². The molecule has 1 aliphatic rings. The fraction of sp³-hybridized carbons (Fsp3) is 0.318. The van der Waals surface area contributed by atoms with Crippen LogP contribution in [0.15, 0.2) is 54.6 Å². The first-order valence-corrected chi connectivity index (χ1v) is 9.96. The molecule has 2 aromatic rings. The molecule has 1 heterocycles. The van der Waals surface area contributed by atoms with Crippen molar-refractivity contribution in [1.29, 1.82) is 0 Å². The molecule has 0 unspecified atom stereocenters. The minimum Gasteiger partial charge on any atom is -0.340 e. The van der Waals surface area contributed by atoms with Gasteiger partial charge in [-0.25, -0.2) is 0 Å². The first-order valence-electron chi connectivity index (χ1n) is 9.58. The number of rotatable bonds is 5. The number of benzene rings is 2. The molecule has 0 aliphatic carbocycles. The van der Waals surface area contributed by atoms with Gasteiger partial charge in [0.05, 0.1) is 0 Å². The van der Waals surface area contributed by atoms with Gasteiger partial charge in [0.25, 0.3) is 5.91 Å². The molecule has 0 aromatic heterocycles. The number of nitrogens with zero attached hydrogens (tertiary/aromatic N) is 2. The maximum atomic E-state index is 13.2. The van der Waals surface area contributed by atoms with E-state index in [2.05, 4.69) is 5.32 Å². The summed E-state index contributed by atoms with van der Waals surface area (Å²) in [4.78, 5) is 40.9. The predicted octanol–water partition coefficient (Wildman–Crippen LogP) is 2.37. The van der Waals surface area contributed by atoms with E-state index in [0.717, 1.165) is 5.56 Å². The van der Waals surface area contributed by atoms with Crippen molar-refractivity contribution in [3.63, 3.8) is 0 Å². The Hall–Kier alpha value is -2.86. The first kappa shape index (κ1) is 20.9. The van der Waals surface area contributed by atoms with Gasteiger partial charge in [-0.05, 0) is 29.8 Å². The van der Waals surface area contributed by atoms with Crippen LogP contribution >= 0.6 is 11.6 Å². The Kier molecular flexibility index (Phi) is 6.88.